The lowest BCUT2D eigenvalue weighted by Crippen LogP contribution is -2.31. The van der Waals surface area contributed by atoms with E-state index in [2.05, 4.69) is 0 Å². The molecule has 4 nitrogen and oxygen atoms in total. The number of imide groups is 1. The van der Waals surface area contributed by atoms with Crippen molar-refractivity contribution < 1.29 is 18.7 Å². The number of hydrogen-bond donors (Lipinski definition) is 0. The number of amides is 2. The smallest absolute Gasteiger partial charge is 0.261 e. The molecule has 1 atom stereocenters. The minimum absolute atomic E-state index is 0.217. The van der Waals surface area contributed by atoms with E-state index in [4.69, 9.17) is 4.74 Å². The standard InChI is InChI=1S/C20H18FNO3/c1-13(14-6-5-7-16(11-14)25-2)10-15(21)12-22-19(23)17-8-3-4-9-18(17)20(22)24/h3-11,13H,12H2,1-2H3. The first-order chi connectivity index (χ1) is 12.0. The van der Waals surface area contributed by atoms with Gasteiger partial charge in [0.15, 0.2) is 0 Å². The zero-order chi connectivity index (χ0) is 18.0. The van der Waals surface area contributed by atoms with Crippen LogP contribution in [0.2, 0.25) is 0 Å². The Hall–Kier alpha value is -2.95. The van der Waals surface area contributed by atoms with Gasteiger partial charge >= 0.3 is 0 Å². The summed E-state index contributed by atoms with van der Waals surface area (Å²) in [6.45, 7) is 1.48. The second-order valence-corrected chi connectivity index (χ2v) is 5.92. The predicted molar refractivity (Wildman–Crippen MR) is 92.4 cm³/mol. The molecule has 2 aromatic carbocycles. The third kappa shape index (κ3) is 3.31. The Balaban J connectivity index is 1.76. The molecule has 1 unspecified atom stereocenters. The van der Waals surface area contributed by atoms with E-state index >= 15 is 0 Å². The molecular weight excluding hydrogens is 321 g/mol. The summed E-state index contributed by atoms with van der Waals surface area (Å²) >= 11 is 0. The second kappa shape index (κ2) is 6.89. The Labute approximate surface area is 145 Å². The molecular formula is C20H18FNO3. The van der Waals surface area contributed by atoms with Crippen molar-refractivity contribution in [1.82, 2.24) is 4.90 Å². The molecule has 2 aromatic rings. The van der Waals surface area contributed by atoms with E-state index < -0.39 is 17.6 Å². The molecule has 0 N–H and O–H groups in total. The number of carbonyl (C=O) groups is 2. The maximum atomic E-state index is 14.4. The molecule has 1 aliphatic rings. The first kappa shape index (κ1) is 16.9. The van der Waals surface area contributed by atoms with Crippen LogP contribution in [0.4, 0.5) is 4.39 Å². The monoisotopic (exact) mass is 339 g/mol. The molecule has 0 fully saturated rings. The summed E-state index contributed by atoms with van der Waals surface area (Å²) in [6, 6.07) is 13.9. The number of halogens is 1. The SMILES string of the molecule is COc1cccc(C(C)C=C(F)CN2C(=O)c3ccccc3C2=O)c1. The van der Waals surface area contributed by atoms with Gasteiger partial charge in [0.05, 0.1) is 24.8 Å². The molecule has 128 valence electrons. The Morgan fingerprint density at radius 3 is 2.36 bits per heavy atom. The normalized spacial score (nSPS) is 15.3. The Morgan fingerprint density at radius 2 is 1.76 bits per heavy atom. The minimum atomic E-state index is -0.523. The Morgan fingerprint density at radius 1 is 1.12 bits per heavy atom. The highest BCUT2D eigenvalue weighted by molar-refractivity contribution is 6.21. The van der Waals surface area contributed by atoms with Crippen molar-refractivity contribution in [3.05, 3.63) is 77.1 Å². The van der Waals surface area contributed by atoms with Crippen molar-refractivity contribution in [2.75, 3.05) is 13.7 Å². The molecule has 0 saturated carbocycles. The summed E-state index contributed by atoms with van der Waals surface area (Å²) in [5, 5.41) is 0. The van der Waals surface area contributed by atoms with Gasteiger partial charge in [0, 0.05) is 5.92 Å². The summed E-state index contributed by atoms with van der Waals surface area (Å²) in [6.07, 6.45) is 1.42. The van der Waals surface area contributed by atoms with Crippen molar-refractivity contribution in [2.45, 2.75) is 12.8 Å². The topological polar surface area (TPSA) is 46.6 Å². The predicted octanol–water partition coefficient (Wildman–Crippen LogP) is 3.95. The lowest BCUT2D eigenvalue weighted by Gasteiger charge is -2.14. The van der Waals surface area contributed by atoms with Gasteiger partial charge in [-0.1, -0.05) is 31.2 Å². The largest absolute Gasteiger partial charge is 0.497 e. The number of rotatable bonds is 5. The molecule has 5 heteroatoms. The van der Waals surface area contributed by atoms with Gasteiger partial charge in [-0.15, -0.1) is 0 Å². The number of ether oxygens (including phenoxy) is 1. The van der Waals surface area contributed by atoms with Crippen LogP contribution in [0.15, 0.2) is 60.4 Å². The second-order valence-electron chi connectivity index (χ2n) is 5.92. The molecule has 0 aromatic heterocycles. The molecule has 1 heterocycles. The van der Waals surface area contributed by atoms with Gasteiger partial charge in [-0.25, -0.2) is 4.39 Å². The average molecular weight is 339 g/mol. The maximum Gasteiger partial charge on any atom is 0.261 e. The molecule has 1 aliphatic heterocycles. The van der Waals surface area contributed by atoms with E-state index in [1.807, 2.05) is 31.2 Å². The Bertz CT molecular complexity index is 825. The number of hydrogen-bond acceptors (Lipinski definition) is 3. The average Bonchev–Trinajstić information content (AvgIpc) is 2.87. The van der Waals surface area contributed by atoms with E-state index in [0.717, 1.165) is 10.5 Å². The van der Waals surface area contributed by atoms with Crippen molar-refractivity contribution in [3.8, 4) is 5.75 Å². The highest BCUT2D eigenvalue weighted by Crippen LogP contribution is 2.26. The summed E-state index contributed by atoms with van der Waals surface area (Å²) in [4.78, 5) is 25.5. The van der Waals surface area contributed by atoms with Gasteiger partial charge in [0.1, 0.15) is 11.6 Å². The molecule has 0 saturated heterocycles. The van der Waals surface area contributed by atoms with E-state index in [1.165, 1.54) is 6.08 Å². The molecule has 25 heavy (non-hydrogen) atoms. The highest BCUT2D eigenvalue weighted by atomic mass is 19.1. The Kier molecular flexibility index (Phi) is 4.65. The molecule has 0 aliphatic carbocycles. The van der Waals surface area contributed by atoms with Gasteiger partial charge in [0.25, 0.3) is 11.8 Å². The number of benzene rings is 2. The van der Waals surface area contributed by atoms with Crippen molar-refractivity contribution >= 4 is 11.8 Å². The maximum absolute atomic E-state index is 14.4. The van der Waals surface area contributed by atoms with Crippen LogP contribution in [0, 0.1) is 0 Å². The fourth-order valence-electron chi connectivity index (χ4n) is 2.88. The molecule has 0 radical (unpaired) electrons. The molecule has 3 rings (SSSR count). The van der Waals surface area contributed by atoms with Crippen LogP contribution >= 0.6 is 0 Å². The number of methoxy groups -OCH3 is 1. The van der Waals surface area contributed by atoms with Gasteiger partial charge in [-0.2, -0.15) is 0 Å². The van der Waals surface area contributed by atoms with Crippen LogP contribution in [-0.4, -0.2) is 30.4 Å². The third-order valence-electron chi connectivity index (χ3n) is 4.24. The zero-order valence-electron chi connectivity index (χ0n) is 14.0. The lowest BCUT2D eigenvalue weighted by atomic mass is 10.0. The van der Waals surface area contributed by atoms with Crippen LogP contribution in [0.25, 0.3) is 0 Å². The first-order valence-corrected chi connectivity index (χ1v) is 7.96. The summed E-state index contributed by atoms with van der Waals surface area (Å²) in [5.41, 5.74) is 1.53. The quantitative estimate of drug-likeness (QED) is 0.775. The van der Waals surface area contributed by atoms with E-state index in [1.54, 1.807) is 31.4 Å². The fourth-order valence-corrected chi connectivity index (χ4v) is 2.88. The van der Waals surface area contributed by atoms with Crippen molar-refractivity contribution in [1.29, 1.82) is 0 Å². The molecule has 0 bridgehead atoms. The van der Waals surface area contributed by atoms with Crippen molar-refractivity contribution in [3.63, 3.8) is 0 Å². The van der Waals surface area contributed by atoms with E-state index in [-0.39, 0.29) is 12.5 Å². The molecule has 2 amide bonds. The van der Waals surface area contributed by atoms with Crippen LogP contribution in [-0.2, 0) is 0 Å². The van der Waals surface area contributed by atoms with Gasteiger partial charge in [-0.3, -0.25) is 14.5 Å². The van der Waals surface area contributed by atoms with Crippen LogP contribution in [0.1, 0.15) is 39.1 Å². The summed E-state index contributed by atoms with van der Waals surface area (Å²) < 4.78 is 19.6. The first-order valence-electron chi connectivity index (χ1n) is 7.96. The number of carbonyl (C=O) groups excluding carboxylic acids is 2. The number of nitrogens with zero attached hydrogens (tertiary/aromatic N) is 1. The van der Waals surface area contributed by atoms with Gasteiger partial charge in [0.2, 0.25) is 0 Å². The van der Waals surface area contributed by atoms with E-state index in [0.29, 0.717) is 16.9 Å². The number of allylic oxidation sites excluding steroid dienone is 1. The zero-order valence-corrected chi connectivity index (χ0v) is 14.0. The molecule has 0 spiro atoms. The van der Waals surface area contributed by atoms with Crippen LogP contribution in [0.5, 0.6) is 5.75 Å². The summed E-state index contributed by atoms with van der Waals surface area (Å²) in [7, 11) is 1.57. The van der Waals surface area contributed by atoms with Gasteiger partial charge in [-0.05, 0) is 35.9 Å². The highest BCUT2D eigenvalue weighted by Gasteiger charge is 2.35. The van der Waals surface area contributed by atoms with Crippen molar-refractivity contribution in [2.24, 2.45) is 0 Å². The van der Waals surface area contributed by atoms with Crippen LogP contribution in [0.3, 0.4) is 0 Å². The third-order valence-corrected chi connectivity index (χ3v) is 4.24. The van der Waals surface area contributed by atoms with Crippen LogP contribution < -0.4 is 4.74 Å². The minimum Gasteiger partial charge on any atom is -0.497 e. The van der Waals surface area contributed by atoms with Gasteiger partial charge < -0.3 is 4.74 Å². The summed E-state index contributed by atoms with van der Waals surface area (Å²) in [5.74, 6) is -0.968. The number of fused-ring (bicyclic) bond motifs is 1. The fraction of sp³-hybridized carbons (Fsp3) is 0.200. The lowest BCUT2D eigenvalue weighted by molar-refractivity contribution is 0.0659. The van der Waals surface area contributed by atoms with E-state index in [9.17, 15) is 14.0 Å².